The third kappa shape index (κ3) is 5.96. The Morgan fingerprint density at radius 1 is 1.09 bits per heavy atom. The van der Waals surface area contributed by atoms with Crippen LogP contribution in [0.25, 0.3) is 10.2 Å². The first-order valence-corrected chi connectivity index (χ1v) is 13.3. The summed E-state index contributed by atoms with van der Waals surface area (Å²) in [4.78, 5) is 30.6. The van der Waals surface area contributed by atoms with E-state index >= 15 is 0 Å². The maximum Gasteiger partial charge on any atom is 0.272 e. The first-order chi connectivity index (χ1) is 16.4. The van der Waals surface area contributed by atoms with Crippen LogP contribution < -0.4 is 10.9 Å². The molecule has 34 heavy (non-hydrogen) atoms. The number of thioether (sulfide) groups is 1. The number of nitrogens with one attached hydrogen (secondary N) is 1. The molecule has 1 atom stereocenters. The van der Waals surface area contributed by atoms with Gasteiger partial charge in [-0.15, -0.1) is 11.3 Å². The van der Waals surface area contributed by atoms with Crippen LogP contribution >= 0.6 is 23.1 Å². The van der Waals surface area contributed by atoms with Crippen molar-refractivity contribution >= 4 is 39.2 Å². The van der Waals surface area contributed by atoms with Gasteiger partial charge in [-0.1, -0.05) is 60.3 Å². The van der Waals surface area contributed by atoms with E-state index < -0.39 is 0 Å². The average molecular weight is 492 g/mol. The monoisotopic (exact) mass is 491 g/mol. The van der Waals surface area contributed by atoms with E-state index in [1.165, 1.54) is 39.8 Å². The van der Waals surface area contributed by atoms with Crippen LogP contribution in [0.4, 0.5) is 0 Å². The van der Waals surface area contributed by atoms with Crippen molar-refractivity contribution in [1.29, 1.82) is 0 Å². The first-order valence-electron chi connectivity index (χ1n) is 11.4. The fraction of sp³-hybridized carbons (Fsp3) is 0.296. The highest BCUT2D eigenvalue weighted by Gasteiger charge is 2.16. The van der Waals surface area contributed by atoms with E-state index in [1.54, 1.807) is 4.57 Å². The highest BCUT2D eigenvalue weighted by molar-refractivity contribution is 7.99. The quantitative estimate of drug-likeness (QED) is 0.253. The second kappa shape index (κ2) is 11.0. The molecule has 0 saturated heterocycles. The van der Waals surface area contributed by atoms with Crippen LogP contribution in [0.1, 0.15) is 35.6 Å². The fourth-order valence-corrected chi connectivity index (χ4v) is 5.39. The van der Waals surface area contributed by atoms with Crippen LogP contribution in [0, 0.1) is 13.8 Å². The molecule has 0 aliphatic rings. The summed E-state index contributed by atoms with van der Waals surface area (Å²) < 4.78 is 2.34. The molecule has 4 rings (SSSR count). The Kier molecular flexibility index (Phi) is 7.85. The molecule has 0 aliphatic heterocycles. The summed E-state index contributed by atoms with van der Waals surface area (Å²) in [5, 5.41) is 5.53. The van der Waals surface area contributed by atoms with Gasteiger partial charge >= 0.3 is 0 Å². The number of thiophene rings is 1. The summed E-state index contributed by atoms with van der Waals surface area (Å²) in [6, 6.07) is 18.4. The standard InChI is InChI=1S/C27H29N3O2S2/c1-18-9-11-22(15-19(18)2)16-30-26(32)25-23(13-14-33-25)29-27(30)34-17-24(31)28-20(3)10-12-21-7-5-4-6-8-21/h4-9,11,13-15,20H,10,12,16-17H2,1-3H3,(H,28,31). The predicted molar refractivity (Wildman–Crippen MR) is 142 cm³/mol. The summed E-state index contributed by atoms with van der Waals surface area (Å²) in [7, 11) is 0. The zero-order valence-electron chi connectivity index (χ0n) is 19.7. The van der Waals surface area contributed by atoms with Gasteiger partial charge in [-0.05, 0) is 67.3 Å². The molecule has 176 valence electrons. The predicted octanol–water partition coefficient (Wildman–Crippen LogP) is 5.35. The fourth-order valence-electron chi connectivity index (χ4n) is 3.80. The molecule has 1 amide bonds. The van der Waals surface area contributed by atoms with Gasteiger partial charge in [-0.3, -0.25) is 14.2 Å². The largest absolute Gasteiger partial charge is 0.353 e. The molecule has 0 aliphatic carbocycles. The SMILES string of the molecule is Cc1ccc(Cn2c(SCC(=O)NC(C)CCc3ccccc3)nc3ccsc3c2=O)cc1C. The van der Waals surface area contributed by atoms with Crippen molar-refractivity contribution in [3.63, 3.8) is 0 Å². The molecule has 0 fully saturated rings. The molecular weight excluding hydrogens is 462 g/mol. The molecule has 7 heteroatoms. The van der Waals surface area contributed by atoms with Gasteiger partial charge in [0, 0.05) is 6.04 Å². The van der Waals surface area contributed by atoms with Crippen molar-refractivity contribution in [3.05, 3.63) is 92.6 Å². The van der Waals surface area contributed by atoms with Crippen LogP contribution in [0.15, 0.2) is 69.9 Å². The molecular formula is C27H29N3O2S2. The lowest BCUT2D eigenvalue weighted by Gasteiger charge is -2.15. The normalized spacial score (nSPS) is 12.1. The molecule has 1 unspecified atom stereocenters. The van der Waals surface area contributed by atoms with E-state index in [9.17, 15) is 9.59 Å². The number of aromatic nitrogens is 2. The minimum Gasteiger partial charge on any atom is -0.353 e. The summed E-state index contributed by atoms with van der Waals surface area (Å²) in [5.74, 6) is 0.160. The Labute approximate surface area is 208 Å². The highest BCUT2D eigenvalue weighted by Crippen LogP contribution is 2.22. The Morgan fingerprint density at radius 3 is 2.65 bits per heavy atom. The molecule has 0 saturated carbocycles. The Hall–Kier alpha value is -2.90. The number of benzene rings is 2. The number of amides is 1. The van der Waals surface area contributed by atoms with Gasteiger partial charge in [-0.2, -0.15) is 0 Å². The summed E-state index contributed by atoms with van der Waals surface area (Å²) >= 11 is 2.72. The van der Waals surface area contributed by atoms with E-state index in [0.29, 0.717) is 21.9 Å². The second-order valence-electron chi connectivity index (χ2n) is 8.62. The number of carbonyl (C=O) groups excluding carboxylic acids is 1. The molecule has 2 aromatic carbocycles. The average Bonchev–Trinajstić information content (AvgIpc) is 3.30. The number of aryl methyl sites for hydroxylation is 3. The van der Waals surface area contributed by atoms with Crippen LogP contribution in [-0.2, 0) is 17.8 Å². The lowest BCUT2D eigenvalue weighted by molar-refractivity contribution is -0.119. The van der Waals surface area contributed by atoms with Gasteiger partial charge in [0.25, 0.3) is 5.56 Å². The van der Waals surface area contributed by atoms with E-state index in [1.807, 2.05) is 42.6 Å². The molecule has 4 aromatic rings. The van der Waals surface area contributed by atoms with Gasteiger partial charge in [0.15, 0.2) is 5.16 Å². The molecule has 1 N–H and O–H groups in total. The third-order valence-corrected chi connectivity index (χ3v) is 7.76. The Bertz CT molecular complexity index is 1350. The summed E-state index contributed by atoms with van der Waals surface area (Å²) in [6.07, 6.45) is 1.79. The number of fused-ring (bicyclic) bond motifs is 1. The number of carbonyl (C=O) groups is 1. The maximum absolute atomic E-state index is 13.2. The van der Waals surface area contributed by atoms with Crippen molar-refractivity contribution in [2.45, 2.75) is 51.4 Å². The van der Waals surface area contributed by atoms with Crippen molar-refractivity contribution in [1.82, 2.24) is 14.9 Å². The zero-order valence-corrected chi connectivity index (χ0v) is 21.3. The van der Waals surface area contributed by atoms with Gasteiger partial charge in [0.05, 0.1) is 17.8 Å². The molecule has 0 spiro atoms. The van der Waals surface area contributed by atoms with Gasteiger partial charge in [-0.25, -0.2) is 4.98 Å². The lowest BCUT2D eigenvalue weighted by atomic mass is 10.1. The van der Waals surface area contributed by atoms with E-state index in [4.69, 9.17) is 4.98 Å². The molecule has 2 aromatic heterocycles. The van der Waals surface area contributed by atoms with Crippen LogP contribution in [-0.4, -0.2) is 27.3 Å². The molecule has 0 bridgehead atoms. The number of nitrogens with zero attached hydrogens (tertiary/aromatic N) is 2. The molecule has 0 radical (unpaired) electrons. The number of rotatable bonds is 9. The number of hydrogen-bond acceptors (Lipinski definition) is 5. The summed E-state index contributed by atoms with van der Waals surface area (Å²) in [5.41, 5.74) is 5.34. The van der Waals surface area contributed by atoms with Crippen LogP contribution in [0.2, 0.25) is 0 Å². The molecule has 2 heterocycles. The van der Waals surface area contributed by atoms with Crippen molar-refractivity contribution in [2.24, 2.45) is 0 Å². The van der Waals surface area contributed by atoms with Crippen LogP contribution in [0.3, 0.4) is 0 Å². The lowest BCUT2D eigenvalue weighted by Crippen LogP contribution is -2.34. The van der Waals surface area contributed by atoms with Crippen molar-refractivity contribution in [2.75, 3.05) is 5.75 Å². The maximum atomic E-state index is 13.2. The van der Waals surface area contributed by atoms with E-state index in [-0.39, 0.29) is 23.3 Å². The van der Waals surface area contributed by atoms with Gasteiger partial charge < -0.3 is 5.32 Å². The second-order valence-corrected chi connectivity index (χ2v) is 10.5. The van der Waals surface area contributed by atoms with Gasteiger partial charge in [0.2, 0.25) is 5.91 Å². The topological polar surface area (TPSA) is 64.0 Å². The highest BCUT2D eigenvalue weighted by atomic mass is 32.2. The third-order valence-electron chi connectivity index (χ3n) is 5.89. The minimum absolute atomic E-state index is 0.0528. The Morgan fingerprint density at radius 2 is 1.88 bits per heavy atom. The summed E-state index contributed by atoms with van der Waals surface area (Å²) in [6.45, 7) is 6.60. The minimum atomic E-state index is -0.0580. The van der Waals surface area contributed by atoms with E-state index in [0.717, 1.165) is 18.4 Å². The molecule has 5 nitrogen and oxygen atoms in total. The van der Waals surface area contributed by atoms with Gasteiger partial charge in [0.1, 0.15) is 4.70 Å². The van der Waals surface area contributed by atoms with Crippen molar-refractivity contribution < 1.29 is 4.79 Å². The Balaban J connectivity index is 1.45. The zero-order chi connectivity index (χ0) is 24.1. The van der Waals surface area contributed by atoms with Crippen LogP contribution in [0.5, 0.6) is 0 Å². The smallest absolute Gasteiger partial charge is 0.272 e. The first kappa shape index (κ1) is 24.2. The number of hydrogen-bond donors (Lipinski definition) is 1. The van der Waals surface area contributed by atoms with Crippen molar-refractivity contribution in [3.8, 4) is 0 Å². The van der Waals surface area contributed by atoms with E-state index in [2.05, 4.69) is 43.4 Å².